The summed E-state index contributed by atoms with van der Waals surface area (Å²) in [4.78, 5) is 8.79. The van der Waals surface area contributed by atoms with Crippen molar-refractivity contribution >= 4 is 28.3 Å². The number of benzene rings is 2. The Balaban J connectivity index is 1.58. The first-order chi connectivity index (χ1) is 17.5. The van der Waals surface area contributed by atoms with Gasteiger partial charge in [-0.3, -0.25) is 0 Å². The van der Waals surface area contributed by atoms with Crippen LogP contribution in [0, 0.1) is 11.2 Å². The van der Waals surface area contributed by atoms with Gasteiger partial charge in [0.2, 0.25) is 0 Å². The first-order valence-electron chi connectivity index (χ1n) is 12.5. The lowest BCUT2D eigenvalue weighted by atomic mass is 9.89. The normalized spacial score (nSPS) is 17.0. The average Bonchev–Trinajstić information content (AvgIpc) is 3.49. The fourth-order valence-electron chi connectivity index (χ4n) is 4.17. The number of alkyl halides is 1. The Morgan fingerprint density at radius 1 is 1.19 bits per heavy atom. The second-order valence-electron chi connectivity index (χ2n) is 10.7. The van der Waals surface area contributed by atoms with Crippen molar-refractivity contribution in [3.8, 4) is 0 Å². The van der Waals surface area contributed by atoms with Crippen LogP contribution in [-0.2, 0) is 12.0 Å². The fourth-order valence-corrected chi connectivity index (χ4v) is 4.46. The van der Waals surface area contributed by atoms with Gasteiger partial charge < -0.3 is 5.32 Å². The van der Waals surface area contributed by atoms with Crippen molar-refractivity contribution < 1.29 is 10.2 Å². The Hall–Kier alpha value is -3.13. The van der Waals surface area contributed by atoms with E-state index >= 15 is 0 Å². The first-order valence-corrected chi connectivity index (χ1v) is 12.3. The van der Waals surface area contributed by atoms with Gasteiger partial charge in [-0.2, -0.15) is 0 Å². The highest BCUT2D eigenvalue weighted by Gasteiger charge is 2.46. The summed E-state index contributed by atoms with van der Waals surface area (Å²) < 4.78 is 38.6. The molecule has 2 aromatic carbocycles. The topological polar surface area (TPSA) is 68.5 Å². The van der Waals surface area contributed by atoms with E-state index in [0.29, 0.717) is 47.0 Å². The van der Waals surface area contributed by atoms with Crippen molar-refractivity contribution in [3.05, 3.63) is 76.6 Å². The Morgan fingerprint density at radius 2 is 1.94 bits per heavy atom. The molecular formula is C27H29ClF2N6. The van der Waals surface area contributed by atoms with E-state index in [0.717, 1.165) is 10.9 Å². The highest BCUT2D eigenvalue weighted by Crippen LogP contribution is 2.44. The summed E-state index contributed by atoms with van der Waals surface area (Å²) in [5, 5.41) is 13.0. The molecule has 1 atom stereocenters. The number of hydrogen-bond donors (Lipinski definition) is 1. The fraction of sp³-hybridized carbons (Fsp3) is 0.407. The highest BCUT2D eigenvalue weighted by molar-refractivity contribution is 6.35. The lowest BCUT2D eigenvalue weighted by Crippen LogP contribution is -2.20. The van der Waals surface area contributed by atoms with Crippen LogP contribution in [0.15, 0.2) is 48.9 Å². The molecule has 1 fully saturated rings. The van der Waals surface area contributed by atoms with E-state index in [1.807, 2.05) is 6.07 Å². The monoisotopic (exact) mass is 511 g/mol. The highest BCUT2D eigenvalue weighted by atomic mass is 35.5. The molecule has 0 radical (unpaired) electrons. The lowest BCUT2D eigenvalue weighted by molar-refractivity contribution is 0.309. The van der Waals surface area contributed by atoms with Crippen LogP contribution in [0.4, 0.5) is 14.6 Å². The largest absolute Gasteiger partial charge is 0.369 e. The Morgan fingerprint density at radius 3 is 2.61 bits per heavy atom. The van der Waals surface area contributed by atoms with E-state index < -0.39 is 23.9 Å². The molecule has 1 aliphatic rings. The minimum Gasteiger partial charge on any atom is -0.369 e. The predicted octanol–water partition coefficient (Wildman–Crippen LogP) is 6.31. The molecule has 1 aliphatic carbocycles. The number of fused-ring (bicyclic) bond motifs is 1. The van der Waals surface area contributed by atoms with Crippen LogP contribution in [0.5, 0.6) is 0 Å². The van der Waals surface area contributed by atoms with Gasteiger partial charge in [0.1, 0.15) is 24.6 Å². The molecule has 2 aromatic heterocycles. The molecule has 9 heteroatoms. The standard InChI is InChI=1S/C27H29ClF2N6/c1-26(2,3)15-31-25-21-11-17(12-22(28)24(21)32-16-33-25)10-20(18-4-6-19(30)7-5-18)23-13-36(35-34-23)27(14-29)8-9-27/h4-7,11-13,16,20H,8-10,14-15H2,1-3H3,(H,31,32,33)/t20-/m1/s1/i20D. The molecule has 0 unspecified atom stereocenters. The molecular weight excluding hydrogens is 482 g/mol. The molecule has 0 aliphatic heterocycles. The molecule has 0 saturated heterocycles. The van der Waals surface area contributed by atoms with Crippen molar-refractivity contribution in [2.24, 2.45) is 5.41 Å². The number of aromatic nitrogens is 5. The maximum atomic E-state index is 13.8. The minimum absolute atomic E-state index is 0.0297. The summed E-state index contributed by atoms with van der Waals surface area (Å²) in [6.45, 7) is 6.53. The smallest absolute Gasteiger partial charge is 0.137 e. The van der Waals surface area contributed by atoms with Crippen LogP contribution in [0.1, 0.15) is 57.7 Å². The predicted molar refractivity (Wildman–Crippen MR) is 138 cm³/mol. The molecule has 4 aromatic rings. The SMILES string of the molecule is [2H][C@@](Cc1cc(Cl)c2ncnc(NCC(C)(C)C)c2c1)(c1ccc(F)cc1)c1cn(C2(CF)CC2)nn1. The molecule has 0 spiro atoms. The molecule has 188 valence electrons. The second kappa shape index (κ2) is 9.39. The summed E-state index contributed by atoms with van der Waals surface area (Å²) in [6, 6.07) is 9.50. The minimum atomic E-state index is -1.43. The van der Waals surface area contributed by atoms with Gasteiger partial charge in [0.05, 0.1) is 21.8 Å². The molecule has 1 saturated carbocycles. The van der Waals surface area contributed by atoms with Crippen molar-refractivity contribution in [1.82, 2.24) is 25.0 Å². The third-order valence-electron chi connectivity index (χ3n) is 6.48. The Labute approximate surface area is 215 Å². The van der Waals surface area contributed by atoms with Crippen molar-refractivity contribution in [1.29, 1.82) is 0 Å². The summed E-state index contributed by atoms with van der Waals surface area (Å²) in [5.74, 6) is -1.17. The number of anilines is 1. The van der Waals surface area contributed by atoms with Crippen LogP contribution in [0.2, 0.25) is 5.02 Å². The summed E-state index contributed by atoms with van der Waals surface area (Å²) in [7, 11) is 0. The van der Waals surface area contributed by atoms with Crippen LogP contribution in [0.3, 0.4) is 0 Å². The number of halogens is 3. The van der Waals surface area contributed by atoms with E-state index in [1.165, 1.54) is 23.1 Å². The average molecular weight is 512 g/mol. The van der Waals surface area contributed by atoms with E-state index in [9.17, 15) is 10.2 Å². The summed E-state index contributed by atoms with van der Waals surface area (Å²) >= 11 is 6.65. The third-order valence-corrected chi connectivity index (χ3v) is 6.76. The van der Waals surface area contributed by atoms with Gasteiger partial charge in [-0.15, -0.1) is 5.10 Å². The number of nitrogens with zero attached hydrogens (tertiary/aromatic N) is 5. The van der Waals surface area contributed by atoms with Gasteiger partial charge in [0, 0.05) is 25.4 Å². The van der Waals surface area contributed by atoms with Crippen molar-refractivity contribution in [2.75, 3.05) is 18.5 Å². The van der Waals surface area contributed by atoms with Gasteiger partial charge in [-0.05, 0) is 60.1 Å². The lowest BCUT2D eigenvalue weighted by Gasteiger charge is -2.20. The number of rotatable bonds is 8. The van der Waals surface area contributed by atoms with Gasteiger partial charge in [-0.25, -0.2) is 23.4 Å². The van der Waals surface area contributed by atoms with Crippen molar-refractivity contribution in [2.45, 2.75) is 51.5 Å². The summed E-state index contributed by atoms with van der Waals surface area (Å²) in [5.41, 5.74) is 1.61. The van der Waals surface area contributed by atoms with E-state index in [1.54, 1.807) is 24.4 Å². The molecule has 2 heterocycles. The molecule has 0 bridgehead atoms. The van der Waals surface area contributed by atoms with Crippen LogP contribution < -0.4 is 5.32 Å². The first kappa shape index (κ1) is 23.3. The molecule has 6 nitrogen and oxygen atoms in total. The van der Waals surface area contributed by atoms with E-state index in [4.69, 9.17) is 11.6 Å². The Bertz CT molecular complexity index is 1430. The number of nitrogens with one attached hydrogen (secondary N) is 1. The van der Waals surface area contributed by atoms with E-state index in [-0.39, 0.29) is 11.8 Å². The summed E-state index contributed by atoms with van der Waals surface area (Å²) in [6.07, 6.45) is 4.65. The van der Waals surface area contributed by atoms with E-state index in [2.05, 4.69) is 46.4 Å². The molecule has 0 amide bonds. The van der Waals surface area contributed by atoms with Crippen LogP contribution in [-0.4, -0.2) is 38.2 Å². The molecule has 1 N–H and O–H groups in total. The zero-order valence-corrected chi connectivity index (χ0v) is 21.3. The van der Waals surface area contributed by atoms with Gasteiger partial charge in [0.25, 0.3) is 0 Å². The molecule has 5 rings (SSSR count). The van der Waals surface area contributed by atoms with Gasteiger partial charge >= 0.3 is 0 Å². The third kappa shape index (κ3) is 5.05. The maximum absolute atomic E-state index is 13.8. The zero-order chi connectivity index (χ0) is 26.4. The zero-order valence-electron chi connectivity index (χ0n) is 21.5. The maximum Gasteiger partial charge on any atom is 0.137 e. The van der Waals surface area contributed by atoms with Gasteiger partial charge in [0.15, 0.2) is 0 Å². The number of hydrogen-bond acceptors (Lipinski definition) is 5. The quantitative estimate of drug-likeness (QED) is 0.300. The van der Waals surface area contributed by atoms with Crippen LogP contribution >= 0.6 is 11.6 Å². The molecule has 36 heavy (non-hydrogen) atoms. The Kier molecular flexibility index (Phi) is 6.07. The van der Waals surface area contributed by atoms with Crippen molar-refractivity contribution in [3.63, 3.8) is 0 Å². The second-order valence-corrected chi connectivity index (χ2v) is 11.1. The van der Waals surface area contributed by atoms with Gasteiger partial charge in [-0.1, -0.05) is 49.7 Å². The van der Waals surface area contributed by atoms with Crippen LogP contribution in [0.25, 0.3) is 10.9 Å².